The van der Waals surface area contributed by atoms with Crippen LogP contribution < -0.4 is 16.0 Å². The number of anilines is 2. The van der Waals surface area contributed by atoms with Gasteiger partial charge in [0, 0.05) is 24.2 Å². The van der Waals surface area contributed by atoms with Gasteiger partial charge in [-0.3, -0.25) is 4.79 Å². The molecule has 0 saturated carbocycles. The highest BCUT2D eigenvalue weighted by Crippen LogP contribution is 2.23. The predicted octanol–water partition coefficient (Wildman–Crippen LogP) is 2.75. The maximum atomic E-state index is 13.1. The summed E-state index contributed by atoms with van der Waals surface area (Å²) in [4.78, 5) is 21.1. The van der Waals surface area contributed by atoms with Crippen LogP contribution in [0.5, 0.6) is 0 Å². The third-order valence-electron chi connectivity index (χ3n) is 4.47. The lowest BCUT2D eigenvalue weighted by atomic mass is 9.96. The molecule has 1 aromatic heterocycles. The highest BCUT2D eigenvalue weighted by molar-refractivity contribution is 5.94. The number of piperidine rings is 1. The number of carbonyl (C=O) groups excluding carboxylic acids is 1. The summed E-state index contributed by atoms with van der Waals surface area (Å²) in [5, 5.41) is 9.22. The van der Waals surface area contributed by atoms with Crippen molar-refractivity contribution in [3.8, 4) is 0 Å². The van der Waals surface area contributed by atoms with Gasteiger partial charge in [-0.2, -0.15) is 0 Å². The maximum absolute atomic E-state index is 13.1. The van der Waals surface area contributed by atoms with Gasteiger partial charge in [-0.25, -0.2) is 14.4 Å². The van der Waals surface area contributed by atoms with E-state index in [9.17, 15) is 9.18 Å². The highest BCUT2D eigenvalue weighted by atomic mass is 19.1. The molecule has 0 bridgehead atoms. The van der Waals surface area contributed by atoms with Gasteiger partial charge < -0.3 is 16.0 Å². The van der Waals surface area contributed by atoms with E-state index in [1.807, 2.05) is 13.0 Å². The SMILES string of the molecule is Cc1nc(NCC(=O)Nc2ccc(F)cc2C)cc(C2CCCNC2)n1. The van der Waals surface area contributed by atoms with Gasteiger partial charge in [-0.1, -0.05) is 0 Å². The topological polar surface area (TPSA) is 78.9 Å². The number of aryl methyl sites for hydroxylation is 2. The summed E-state index contributed by atoms with van der Waals surface area (Å²) in [6, 6.07) is 6.20. The van der Waals surface area contributed by atoms with E-state index in [2.05, 4.69) is 25.9 Å². The third-order valence-corrected chi connectivity index (χ3v) is 4.47. The minimum Gasteiger partial charge on any atom is -0.361 e. The summed E-state index contributed by atoms with van der Waals surface area (Å²) < 4.78 is 13.1. The van der Waals surface area contributed by atoms with Crippen molar-refractivity contribution in [2.75, 3.05) is 30.3 Å². The minimum atomic E-state index is -0.320. The number of rotatable bonds is 5. The molecule has 6 nitrogen and oxygen atoms in total. The average molecular weight is 357 g/mol. The summed E-state index contributed by atoms with van der Waals surface area (Å²) in [5.74, 6) is 1.17. The molecule has 138 valence electrons. The van der Waals surface area contributed by atoms with Crippen molar-refractivity contribution >= 4 is 17.4 Å². The lowest BCUT2D eigenvalue weighted by molar-refractivity contribution is -0.114. The average Bonchev–Trinajstić information content (AvgIpc) is 2.63. The Balaban J connectivity index is 1.61. The molecule has 2 heterocycles. The number of benzene rings is 1. The van der Waals surface area contributed by atoms with Gasteiger partial charge in [0.1, 0.15) is 17.5 Å². The zero-order valence-electron chi connectivity index (χ0n) is 15.1. The number of amides is 1. The molecule has 1 amide bonds. The first-order valence-corrected chi connectivity index (χ1v) is 8.87. The minimum absolute atomic E-state index is 0.0790. The van der Waals surface area contributed by atoms with E-state index in [4.69, 9.17) is 0 Å². The Hall–Kier alpha value is -2.54. The van der Waals surface area contributed by atoms with Gasteiger partial charge in [-0.15, -0.1) is 0 Å². The second-order valence-corrected chi connectivity index (χ2v) is 6.63. The number of hydrogen-bond acceptors (Lipinski definition) is 5. The van der Waals surface area contributed by atoms with Crippen LogP contribution >= 0.6 is 0 Å². The van der Waals surface area contributed by atoms with Crippen LogP contribution in [-0.2, 0) is 4.79 Å². The molecule has 1 aliphatic rings. The first-order chi connectivity index (χ1) is 12.5. The molecule has 1 aromatic carbocycles. The largest absolute Gasteiger partial charge is 0.361 e. The predicted molar refractivity (Wildman–Crippen MR) is 99.9 cm³/mol. The summed E-state index contributed by atoms with van der Waals surface area (Å²) in [5.41, 5.74) is 2.29. The van der Waals surface area contributed by atoms with E-state index in [1.165, 1.54) is 12.1 Å². The Morgan fingerprint density at radius 2 is 2.15 bits per heavy atom. The van der Waals surface area contributed by atoms with Crippen LogP contribution in [0.3, 0.4) is 0 Å². The maximum Gasteiger partial charge on any atom is 0.243 e. The normalized spacial score (nSPS) is 17.0. The van der Waals surface area contributed by atoms with Crippen molar-refractivity contribution in [1.82, 2.24) is 15.3 Å². The van der Waals surface area contributed by atoms with Gasteiger partial charge in [0.15, 0.2) is 0 Å². The highest BCUT2D eigenvalue weighted by Gasteiger charge is 2.18. The van der Waals surface area contributed by atoms with E-state index in [0.717, 1.165) is 31.6 Å². The first-order valence-electron chi connectivity index (χ1n) is 8.87. The molecule has 3 N–H and O–H groups in total. The number of nitrogens with one attached hydrogen (secondary N) is 3. The summed E-state index contributed by atoms with van der Waals surface area (Å²) in [6.07, 6.45) is 2.24. The molecular formula is C19H24FN5O. The zero-order chi connectivity index (χ0) is 18.5. The van der Waals surface area contributed by atoms with Crippen molar-refractivity contribution in [1.29, 1.82) is 0 Å². The second-order valence-electron chi connectivity index (χ2n) is 6.63. The Bertz CT molecular complexity index is 789. The van der Waals surface area contributed by atoms with E-state index < -0.39 is 0 Å². The molecule has 3 rings (SSSR count). The van der Waals surface area contributed by atoms with Gasteiger partial charge >= 0.3 is 0 Å². The Labute approximate surface area is 152 Å². The summed E-state index contributed by atoms with van der Waals surface area (Å²) in [6.45, 7) is 5.65. The molecule has 0 aliphatic carbocycles. The van der Waals surface area contributed by atoms with E-state index in [-0.39, 0.29) is 18.3 Å². The number of nitrogens with zero attached hydrogens (tertiary/aromatic N) is 2. The van der Waals surface area contributed by atoms with Crippen LogP contribution in [0.25, 0.3) is 0 Å². The van der Waals surface area contributed by atoms with Crippen LogP contribution in [0.2, 0.25) is 0 Å². The number of hydrogen-bond donors (Lipinski definition) is 3. The van der Waals surface area contributed by atoms with Gasteiger partial charge in [0.05, 0.1) is 12.2 Å². The molecule has 1 atom stereocenters. The Morgan fingerprint density at radius 1 is 1.31 bits per heavy atom. The van der Waals surface area contributed by atoms with Crippen LogP contribution in [0.15, 0.2) is 24.3 Å². The van der Waals surface area contributed by atoms with Crippen molar-refractivity contribution in [2.24, 2.45) is 0 Å². The molecule has 1 unspecified atom stereocenters. The fourth-order valence-corrected chi connectivity index (χ4v) is 3.13. The van der Waals surface area contributed by atoms with E-state index in [1.54, 1.807) is 13.0 Å². The third kappa shape index (κ3) is 4.76. The zero-order valence-corrected chi connectivity index (χ0v) is 15.1. The lowest BCUT2D eigenvalue weighted by Gasteiger charge is -2.22. The van der Waals surface area contributed by atoms with E-state index in [0.29, 0.717) is 28.8 Å². The molecular weight excluding hydrogens is 333 g/mol. The van der Waals surface area contributed by atoms with Gasteiger partial charge in [0.25, 0.3) is 0 Å². The van der Waals surface area contributed by atoms with Gasteiger partial charge in [-0.05, 0) is 57.0 Å². The molecule has 26 heavy (non-hydrogen) atoms. The molecule has 0 spiro atoms. The smallest absolute Gasteiger partial charge is 0.243 e. The quantitative estimate of drug-likeness (QED) is 0.767. The summed E-state index contributed by atoms with van der Waals surface area (Å²) >= 11 is 0. The van der Waals surface area contributed by atoms with Crippen LogP contribution in [0.1, 0.15) is 35.8 Å². The van der Waals surface area contributed by atoms with Crippen LogP contribution in [0, 0.1) is 19.7 Å². The monoisotopic (exact) mass is 357 g/mol. The Morgan fingerprint density at radius 3 is 2.88 bits per heavy atom. The first kappa shape index (κ1) is 18.3. The fourth-order valence-electron chi connectivity index (χ4n) is 3.13. The Kier molecular flexibility index (Phi) is 5.78. The molecule has 0 radical (unpaired) electrons. The standard InChI is InChI=1S/C19H24FN5O/c1-12-8-15(20)5-6-16(12)25-19(26)11-22-18-9-17(23-13(2)24-18)14-4-3-7-21-10-14/h5-6,8-9,14,21H,3-4,7,10-11H2,1-2H3,(H,25,26)(H,22,23,24). The van der Waals surface area contributed by atoms with Crippen molar-refractivity contribution in [3.63, 3.8) is 0 Å². The number of halogens is 1. The van der Waals surface area contributed by atoms with Gasteiger partial charge in [0.2, 0.25) is 5.91 Å². The molecule has 1 aliphatic heterocycles. The van der Waals surface area contributed by atoms with Crippen molar-refractivity contribution < 1.29 is 9.18 Å². The number of carbonyl (C=O) groups is 1. The van der Waals surface area contributed by atoms with Crippen LogP contribution in [0.4, 0.5) is 15.9 Å². The second kappa shape index (κ2) is 8.23. The lowest BCUT2D eigenvalue weighted by Crippen LogP contribution is -2.29. The van der Waals surface area contributed by atoms with E-state index >= 15 is 0 Å². The molecule has 1 fully saturated rings. The molecule has 7 heteroatoms. The number of aromatic nitrogens is 2. The summed E-state index contributed by atoms with van der Waals surface area (Å²) in [7, 11) is 0. The van der Waals surface area contributed by atoms with Crippen LogP contribution in [-0.4, -0.2) is 35.5 Å². The fraction of sp³-hybridized carbons (Fsp3) is 0.421. The van der Waals surface area contributed by atoms with Crippen molar-refractivity contribution in [3.05, 3.63) is 47.2 Å². The van der Waals surface area contributed by atoms with Crippen molar-refractivity contribution in [2.45, 2.75) is 32.6 Å². The molecule has 2 aromatic rings. The molecule has 1 saturated heterocycles.